The van der Waals surface area contributed by atoms with Crippen molar-refractivity contribution in [1.82, 2.24) is 15.2 Å². The second kappa shape index (κ2) is 6.41. The highest BCUT2D eigenvalue weighted by atomic mass is 32.1. The highest BCUT2D eigenvalue weighted by Gasteiger charge is 2.18. The maximum atomic E-state index is 12.8. The van der Waals surface area contributed by atoms with Gasteiger partial charge in [-0.3, -0.25) is 5.32 Å². The van der Waals surface area contributed by atoms with Crippen molar-refractivity contribution in [2.75, 3.05) is 18.9 Å². The summed E-state index contributed by atoms with van der Waals surface area (Å²) in [7, 11) is 2.07. The largest absolute Gasteiger partial charge is 0.334 e. The molecule has 0 spiro atoms. The number of carbonyl (C=O) groups is 1. The minimum Gasteiger partial charge on any atom is -0.334 e. The average Bonchev–Trinajstić information content (AvgIpc) is 2.88. The number of nitrogens with zero attached hydrogens (tertiary/aromatic N) is 2. The molecule has 3 rings (SSSR count). The fourth-order valence-corrected chi connectivity index (χ4v) is 3.39. The van der Waals surface area contributed by atoms with Crippen molar-refractivity contribution in [3.05, 3.63) is 46.2 Å². The van der Waals surface area contributed by atoms with E-state index in [2.05, 4.69) is 27.6 Å². The van der Waals surface area contributed by atoms with Gasteiger partial charge >= 0.3 is 6.03 Å². The van der Waals surface area contributed by atoms with Crippen molar-refractivity contribution >= 4 is 22.5 Å². The summed E-state index contributed by atoms with van der Waals surface area (Å²) >= 11 is 1.52. The molecule has 0 fully saturated rings. The van der Waals surface area contributed by atoms with E-state index in [-0.39, 0.29) is 11.8 Å². The number of aromatic nitrogens is 1. The molecule has 1 aromatic heterocycles. The first kappa shape index (κ1) is 14.9. The van der Waals surface area contributed by atoms with Gasteiger partial charge in [0.05, 0.1) is 5.69 Å². The molecule has 0 bridgehead atoms. The molecular formula is C15H17FN4OS. The minimum absolute atomic E-state index is 0.286. The Labute approximate surface area is 132 Å². The number of nitrogens with one attached hydrogen (secondary N) is 2. The average molecular weight is 320 g/mol. The molecule has 0 aliphatic carbocycles. The molecule has 2 heterocycles. The molecule has 22 heavy (non-hydrogen) atoms. The van der Waals surface area contributed by atoms with Gasteiger partial charge in [0.15, 0.2) is 5.13 Å². The zero-order chi connectivity index (χ0) is 15.5. The smallest absolute Gasteiger partial charge is 0.321 e. The normalized spacial score (nSPS) is 14.5. The monoisotopic (exact) mass is 320 g/mol. The SMILES string of the molecule is CN1CCc2nc(NC(=O)NCc3ccc(F)cc3)sc2C1. The Morgan fingerprint density at radius 1 is 1.41 bits per heavy atom. The van der Waals surface area contributed by atoms with Gasteiger partial charge in [-0.2, -0.15) is 0 Å². The van der Waals surface area contributed by atoms with E-state index in [1.165, 1.54) is 28.3 Å². The van der Waals surface area contributed by atoms with Crippen LogP contribution in [0.15, 0.2) is 24.3 Å². The quantitative estimate of drug-likeness (QED) is 0.914. The van der Waals surface area contributed by atoms with Gasteiger partial charge in [0.1, 0.15) is 5.82 Å². The van der Waals surface area contributed by atoms with Crippen LogP contribution < -0.4 is 10.6 Å². The highest BCUT2D eigenvalue weighted by Crippen LogP contribution is 2.27. The van der Waals surface area contributed by atoms with Crippen LogP contribution in [0.25, 0.3) is 0 Å². The first-order valence-corrected chi connectivity index (χ1v) is 7.88. The van der Waals surface area contributed by atoms with Crippen molar-refractivity contribution in [3.63, 3.8) is 0 Å². The van der Waals surface area contributed by atoms with Crippen LogP contribution in [0.2, 0.25) is 0 Å². The lowest BCUT2D eigenvalue weighted by Gasteiger charge is -2.20. The molecule has 1 aliphatic rings. The number of urea groups is 1. The molecule has 0 saturated carbocycles. The molecule has 0 radical (unpaired) electrons. The number of thiazole rings is 1. The van der Waals surface area contributed by atoms with Crippen LogP contribution in [-0.2, 0) is 19.5 Å². The number of carbonyl (C=O) groups excluding carboxylic acids is 1. The first-order valence-electron chi connectivity index (χ1n) is 7.06. The third-order valence-electron chi connectivity index (χ3n) is 3.51. The number of anilines is 1. The Morgan fingerprint density at radius 3 is 2.95 bits per heavy atom. The Hall–Kier alpha value is -1.99. The standard InChI is InChI=1S/C15H17FN4OS/c1-20-7-6-12-13(9-20)22-15(18-12)19-14(21)17-8-10-2-4-11(16)5-3-10/h2-5H,6-9H2,1H3,(H2,17,18,19,21). The van der Waals surface area contributed by atoms with Gasteiger partial charge in [-0.15, -0.1) is 11.3 Å². The third-order valence-corrected chi connectivity index (χ3v) is 4.51. The van der Waals surface area contributed by atoms with Crippen molar-refractivity contribution in [2.24, 2.45) is 0 Å². The van der Waals surface area contributed by atoms with Crippen LogP contribution in [0.1, 0.15) is 16.1 Å². The van der Waals surface area contributed by atoms with E-state index < -0.39 is 0 Å². The molecular weight excluding hydrogens is 303 g/mol. The van der Waals surface area contributed by atoms with Crippen LogP contribution in [0.4, 0.5) is 14.3 Å². The van der Waals surface area contributed by atoms with Gasteiger partial charge in [0, 0.05) is 30.9 Å². The lowest BCUT2D eigenvalue weighted by atomic mass is 10.2. The number of halogens is 1. The summed E-state index contributed by atoms with van der Waals surface area (Å²) in [6.07, 6.45) is 0.918. The molecule has 2 amide bonds. The second-order valence-electron chi connectivity index (χ2n) is 5.31. The zero-order valence-corrected chi connectivity index (χ0v) is 13.0. The maximum Gasteiger partial charge on any atom is 0.321 e. The lowest BCUT2D eigenvalue weighted by molar-refractivity contribution is 0.251. The summed E-state index contributed by atoms with van der Waals surface area (Å²) in [6, 6.07) is 5.74. The van der Waals surface area contributed by atoms with Gasteiger partial charge in [-0.25, -0.2) is 14.2 Å². The predicted octanol–water partition coefficient (Wildman–Crippen LogP) is 2.59. The number of hydrogen-bond donors (Lipinski definition) is 2. The Bertz CT molecular complexity index is 671. The summed E-state index contributed by atoms with van der Waals surface area (Å²) in [5.74, 6) is -0.286. The molecule has 0 unspecified atom stereocenters. The summed E-state index contributed by atoms with van der Waals surface area (Å²) in [5.41, 5.74) is 1.92. The summed E-state index contributed by atoms with van der Waals surface area (Å²) in [4.78, 5) is 19.8. The fourth-order valence-electron chi connectivity index (χ4n) is 2.30. The Kier molecular flexibility index (Phi) is 4.35. The zero-order valence-electron chi connectivity index (χ0n) is 12.2. The number of rotatable bonds is 3. The van der Waals surface area contributed by atoms with E-state index in [4.69, 9.17) is 0 Å². The number of amides is 2. The number of likely N-dealkylation sites (N-methyl/N-ethyl adjacent to an activating group) is 1. The molecule has 2 aromatic rings. The molecule has 116 valence electrons. The summed E-state index contributed by atoms with van der Waals surface area (Å²) < 4.78 is 12.8. The molecule has 0 saturated heterocycles. The molecule has 5 nitrogen and oxygen atoms in total. The fraction of sp³-hybridized carbons (Fsp3) is 0.333. The van der Waals surface area contributed by atoms with Crippen LogP contribution in [0, 0.1) is 5.82 Å². The van der Waals surface area contributed by atoms with Crippen LogP contribution >= 0.6 is 11.3 Å². The van der Waals surface area contributed by atoms with Gasteiger partial charge in [0.25, 0.3) is 0 Å². The first-order chi connectivity index (χ1) is 10.6. The second-order valence-corrected chi connectivity index (χ2v) is 6.39. The van der Waals surface area contributed by atoms with E-state index in [9.17, 15) is 9.18 Å². The van der Waals surface area contributed by atoms with Gasteiger partial charge in [-0.05, 0) is 24.7 Å². The van der Waals surface area contributed by atoms with Gasteiger partial charge < -0.3 is 10.2 Å². The lowest BCUT2D eigenvalue weighted by Crippen LogP contribution is -2.28. The molecule has 2 N–H and O–H groups in total. The molecule has 7 heteroatoms. The maximum absolute atomic E-state index is 12.8. The highest BCUT2D eigenvalue weighted by molar-refractivity contribution is 7.15. The van der Waals surface area contributed by atoms with Crippen LogP contribution in [0.3, 0.4) is 0 Å². The van der Waals surface area contributed by atoms with Gasteiger partial charge in [0.2, 0.25) is 0 Å². The van der Waals surface area contributed by atoms with E-state index in [1.807, 2.05) is 0 Å². The van der Waals surface area contributed by atoms with Crippen LogP contribution in [0.5, 0.6) is 0 Å². The topological polar surface area (TPSA) is 57.3 Å². The molecule has 0 atom stereocenters. The van der Waals surface area contributed by atoms with E-state index in [0.29, 0.717) is 11.7 Å². The van der Waals surface area contributed by atoms with Crippen molar-refractivity contribution < 1.29 is 9.18 Å². The number of fused-ring (bicyclic) bond motifs is 1. The predicted molar refractivity (Wildman–Crippen MR) is 84.4 cm³/mol. The van der Waals surface area contributed by atoms with Crippen molar-refractivity contribution in [1.29, 1.82) is 0 Å². The molecule has 1 aromatic carbocycles. The number of benzene rings is 1. The van der Waals surface area contributed by atoms with E-state index in [1.54, 1.807) is 12.1 Å². The van der Waals surface area contributed by atoms with Gasteiger partial charge in [-0.1, -0.05) is 12.1 Å². The van der Waals surface area contributed by atoms with Crippen LogP contribution in [-0.4, -0.2) is 29.5 Å². The van der Waals surface area contributed by atoms with E-state index in [0.717, 1.165) is 30.8 Å². The van der Waals surface area contributed by atoms with E-state index >= 15 is 0 Å². The summed E-state index contributed by atoms with van der Waals surface area (Å²) in [6.45, 7) is 2.22. The van der Waals surface area contributed by atoms with Crippen molar-refractivity contribution in [3.8, 4) is 0 Å². The van der Waals surface area contributed by atoms with Crippen molar-refractivity contribution in [2.45, 2.75) is 19.5 Å². The Morgan fingerprint density at radius 2 is 2.18 bits per heavy atom. The molecule has 1 aliphatic heterocycles. The number of hydrogen-bond acceptors (Lipinski definition) is 4. The third kappa shape index (κ3) is 3.61. The Balaban J connectivity index is 1.54. The summed E-state index contributed by atoms with van der Waals surface area (Å²) in [5, 5.41) is 6.12. The minimum atomic E-state index is -0.302.